The van der Waals surface area contributed by atoms with E-state index in [1.807, 2.05) is 30.1 Å². The molecule has 0 atom stereocenters. The molecule has 0 saturated carbocycles. The highest BCUT2D eigenvalue weighted by Gasteiger charge is 2.07. The molecule has 130 valence electrons. The largest absolute Gasteiger partial charge is 0.481 e. The van der Waals surface area contributed by atoms with Gasteiger partial charge >= 0.3 is 0 Å². The van der Waals surface area contributed by atoms with E-state index >= 15 is 0 Å². The van der Waals surface area contributed by atoms with Crippen molar-refractivity contribution in [2.45, 2.75) is 13.1 Å². The Morgan fingerprint density at radius 3 is 2.67 bits per heavy atom. The summed E-state index contributed by atoms with van der Waals surface area (Å²) < 4.78 is 18.3. The molecule has 0 aliphatic carbocycles. The Balaban J connectivity index is 0.00000288. The molecule has 2 rings (SSSR count). The van der Waals surface area contributed by atoms with E-state index < -0.39 is 0 Å². The van der Waals surface area contributed by atoms with E-state index in [1.54, 1.807) is 26.4 Å². The number of benzene rings is 1. The summed E-state index contributed by atoms with van der Waals surface area (Å²) in [5.41, 5.74) is 1.91. The maximum atomic E-state index is 13.3. The van der Waals surface area contributed by atoms with Crippen molar-refractivity contribution in [2.75, 3.05) is 21.2 Å². The van der Waals surface area contributed by atoms with Gasteiger partial charge in [0.2, 0.25) is 5.88 Å². The SMILES string of the molecule is CN=C(NCc1ccc(OC)nc1)N(C)Cc1cccc(F)c1.I. The number of aliphatic imine (C=N–C) groups is 1. The number of pyridine rings is 1. The third kappa shape index (κ3) is 5.95. The molecule has 1 N–H and O–H groups in total. The molecule has 1 aromatic carbocycles. The summed E-state index contributed by atoms with van der Waals surface area (Å²) in [6.07, 6.45) is 1.76. The fraction of sp³-hybridized carbons (Fsp3) is 0.294. The predicted octanol–water partition coefficient (Wildman–Crippen LogP) is 3.05. The first-order valence-electron chi connectivity index (χ1n) is 7.27. The topological polar surface area (TPSA) is 49.8 Å². The van der Waals surface area contributed by atoms with E-state index in [0.717, 1.165) is 17.1 Å². The second-order valence-corrected chi connectivity index (χ2v) is 5.10. The van der Waals surface area contributed by atoms with Gasteiger partial charge in [-0.1, -0.05) is 18.2 Å². The van der Waals surface area contributed by atoms with E-state index in [9.17, 15) is 4.39 Å². The monoisotopic (exact) mass is 444 g/mol. The standard InChI is InChI=1S/C17H21FN4O.HI/c1-19-17(21-11-14-7-8-16(23-3)20-10-14)22(2)12-13-5-4-6-15(18)9-13;/h4-10H,11-12H2,1-3H3,(H,19,21);1H. The van der Waals surface area contributed by atoms with Gasteiger partial charge in [0.05, 0.1) is 7.11 Å². The Kier molecular flexibility index (Phi) is 8.45. The lowest BCUT2D eigenvalue weighted by atomic mass is 10.2. The van der Waals surface area contributed by atoms with Gasteiger partial charge in [0.15, 0.2) is 5.96 Å². The normalized spacial score (nSPS) is 10.8. The minimum Gasteiger partial charge on any atom is -0.481 e. The Morgan fingerprint density at radius 1 is 1.29 bits per heavy atom. The van der Waals surface area contributed by atoms with Crippen LogP contribution in [-0.2, 0) is 13.1 Å². The van der Waals surface area contributed by atoms with Crippen molar-refractivity contribution < 1.29 is 9.13 Å². The smallest absolute Gasteiger partial charge is 0.212 e. The zero-order valence-corrected chi connectivity index (χ0v) is 16.3. The van der Waals surface area contributed by atoms with Crippen LogP contribution in [0.1, 0.15) is 11.1 Å². The lowest BCUT2D eigenvalue weighted by Gasteiger charge is -2.22. The number of nitrogens with zero attached hydrogens (tertiary/aromatic N) is 3. The first kappa shape index (κ1) is 20.1. The average Bonchev–Trinajstić information content (AvgIpc) is 2.56. The minimum absolute atomic E-state index is 0. The minimum atomic E-state index is -0.233. The highest BCUT2D eigenvalue weighted by atomic mass is 127. The summed E-state index contributed by atoms with van der Waals surface area (Å²) in [6.45, 7) is 1.16. The molecular formula is C17H22FIN4O. The lowest BCUT2D eigenvalue weighted by Crippen LogP contribution is -2.38. The van der Waals surface area contributed by atoms with E-state index in [1.165, 1.54) is 12.1 Å². The zero-order chi connectivity index (χ0) is 16.7. The molecule has 0 radical (unpaired) electrons. The predicted molar refractivity (Wildman–Crippen MR) is 104 cm³/mol. The van der Waals surface area contributed by atoms with Crippen LogP contribution in [0.15, 0.2) is 47.6 Å². The molecule has 0 unspecified atom stereocenters. The van der Waals surface area contributed by atoms with Crippen LogP contribution >= 0.6 is 24.0 Å². The van der Waals surface area contributed by atoms with Crippen molar-refractivity contribution in [1.29, 1.82) is 0 Å². The Morgan fingerprint density at radius 2 is 2.08 bits per heavy atom. The lowest BCUT2D eigenvalue weighted by molar-refractivity contribution is 0.397. The zero-order valence-electron chi connectivity index (χ0n) is 14.0. The highest BCUT2D eigenvalue weighted by molar-refractivity contribution is 14.0. The van der Waals surface area contributed by atoms with Crippen molar-refractivity contribution >= 4 is 29.9 Å². The fourth-order valence-electron chi connectivity index (χ4n) is 2.19. The van der Waals surface area contributed by atoms with E-state index in [2.05, 4.69) is 15.3 Å². The van der Waals surface area contributed by atoms with Gasteiger partial charge in [-0.05, 0) is 23.3 Å². The number of ether oxygens (including phenoxy) is 1. The number of rotatable bonds is 5. The molecular weight excluding hydrogens is 422 g/mol. The van der Waals surface area contributed by atoms with Gasteiger partial charge in [-0.3, -0.25) is 4.99 Å². The van der Waals surface area contributed by atoms with Gasteiger partial charge < -0.3 is 15.0 Å². The third-order valence-corrected chi connectivity index (χ3v) is 3.34. The van der Waals surface area contributed by atoms with Gasteiger partial charge in [-0.2, -0.15) is 0 Å². The summed E-state index contributed by atoms with van der Waals surface area (Å²) in [6, 6.07) is 10.3. The molecule has 1 aromatic heterocycles. The molecule has 0 bridgehead atoms. The Labute approximate surface area is 159 Å². The number of guanidine groups is 1. The van der Waals surface area contributed by atoms with Crippen molar-refractivity contribution in [3.8, 4) is 5.88 Å². The van der Waals surface area contributed by atoms with Gasteiger partial charge in [-0.15, -0.1) is 24.0 Å². The first-order valence-corrected chi connectivity index (χ1v) is 7.27. The molecule has 0 aliphatic heterocycles. The van der Waals surface area contributed by atoms with Gasteiger partial charge in [0.1, 0.15) is 5.82 Å². The summed E-state index contributed by atoms with van der Waals surface area (Å²) in [5.74, 6) is 1.08. The summed E-state index contributed by atoms with van der Waals surface area (Å²) in [4.78, 5) is 10.4. The van der Waals surface area contributed by atoms with Crippen LogP contribution in [0.3, 0.4) is 0 Å². The van der Waals surface area contributed by atoms with Crippen molar-refractivity contribution in [2.24, 2.45) is 4.99 Å². The maximum Gasteiger partial charge on any atom is 0.212 e. The number of halogens is 2. The second-order valence-electron chi connectivity index (χ2n) is 5.10. The van der Waals surface area contributed by atoms with Crippen LogP contribution in [-0.4, -0.2) is 37.0 Å². The molecule has 7 heteroatoms. The Hall–Kier alpha value is -1.90. The van der Waals surface area contributed by atoms with Gasteiger partial charge in [0.25, 0.3) is 0 Å². The summed E-state index contributed by atoms with van der Waals surface area (Å²) >= 11 is 0. The molecule has 0 fully saturated rings. The van der Waals surface area contributed by atoms with Crippen molar-refractivity contribution in [1.82, 2.24) is 15.2 Å². The molecule has 0 aliphatic rings. The highest BCUT2D eigenvalue weighted by Crippen LogP contribution is 2.08. The van der Waals surface area contributed by atoms with E-state index in [0.29, 0.717) is 19.0 Å². The van der Waals surface area contributed by atoms with Crippen molar-refractivity contribution in [3.63, 3.8) is 0 Å². The number of nitrogens with one attached hydrogen (secondary N) is 1. The van der Waals surface area contributed by atoms with Crippen LogP contribution < -0.4 is 10.1 Å². The molecule has 0 saturated heterocycles. The molecule has 5 nitrogen and oxygen atoms in total. The third-order valence-electron chi connectivity index (χ3n) is 3.34. The van der Waals surface area contributed by atoms with Crippen molar-refractivity contribution in [3.05, 3.63) is 59.5 Å². The van der Waals surface area contributed by atoms with E-state index in [4.69, 9.17) is 4.74 Å². The molecule has 24 heavy (non-hydrogen) atoms. The van der Waals surface area contributed by atoms with Gasteiger partial charge in [-0.25, -0.2) is 9.37 Å². The quantitative estimate of drug-likeness (QED) is 0.438. The van der Waals surface area contributed by atoms with Crippen LogP contribution in [0.5, 0.6) is 5.88 Å². The maximum absolute atomic E-state index is 13.3. The number of hydrogen-bond acceptors (Lipinski definition) is 3. The number of hydrogen-bond donors (Lipinski definition) is 1. The fourth-order valence-corrected chi connectivity index (χ4v) is 2.19. The van der Waals surface area contributed by atoms with Crippen LogP contribution in [0.2, 0.25) is 0 Å². The molecule has 1 heterocycles. The molecule has 0 spiro atoms. The number of aromatic nitrogens is 1. The first-order chi connectivity index (χ1) is 11.1. The van der Waals surface area contributed by atoms with Crippen LogP contribution in [0.25, 0.3) is 0 Å². The Bertz CT molecular complexity index is 664. The average molecular weight is 444 g/mol. The molecule has 0 amide bonds. The van der Waals surface area contributed by atoms with Crippen LogP contribution in [0, 0.1) is 5.82 Å². The van der Waals surface area contributed by atoms with E-state index in [-0.39, 0.29) is 29.8 Å². The number of methoxy groups -OCH3 is 1. The van der Waals surface area contributed by atoms with Crippen LogP contribution in [0.4, 0.5) is 4.39 Å². The molecule has 2 aromatic rings. The summed E-state index contributed by atoms with van der Waals surface area (Å²) in [7, 11) is 5.21. The second kappa shape index (κ2) is 10.1. The van der Waals surface area contributed by atoms with Gasteiger partial charge in [0, 0.05) is 39.4 Å². The summed E-state index contributed by atoms with van der Waals surface area (Å²) in [5, 5.41) is 3.26.